The summed E-state index contributed by atoms with van der Waals surface area (Å²) in [7, 11) is 1.54. The SMILES string of the molecule is C=CCOc1ccc(Br)cc1/C=c1/sc2n(c1=O)[C@H](c1cc(OC)c(OCC)cc1Br)C(C(=O)OCC)=C(C)N=2. The molecular weight excluding hydrogens is 664 g/mol. The minimum absolute atomic E-state index is 0.177. The van der Waals surface area contributed by atoms with Gasteiger partial charge in [0.2, 0.25) is 0 Å². The van der Waals surface area contributed by atoms with Crippen LogP contribution in [0.2, 0.25) is 0 Å². The van der Waals surface area contributed by atoms with Crippen molar-refractivity contribution in [3.63, 3.8) is 0 Å². The second-order valence-electron chi connectivity index (χ2n) is 8.54. The fourth-order valence-corrected chi connectivity index (χ4v) is 6.28. The van der Waals surface area contributed by atoms with Gasteiger partial charge in [0, 0.05) is 14.5 Å². The Morgan fingerprint density at radius 2 is 1.90 bits per heavy atom. The smallest absolute Gasteiger partial charge is 0.338 e. The van der Waals surface area contributed by atoms with Crippen molar-refractivity contribution in [3.05, 3.63) is 94.0 Å². The van der Waals surface area contributed by atoms with E-state index in [-0.39, 0.29) is 17.7 Å². The van der Waals surface area contributed by atoms with Crippen LogP contribution in [-0.4, -0.2) is 37.5 Å². The van der Waals surface area contributed by atoms with Crippen LogP contribution in [0.1, 0.15) is 37.9 Å². The highest BCUT2D eigenvalue weighted by Crippen LogP contribution is 2.41. The molecule has 1 aliphatic heterocycles. The Labute approximate surface area is 252 Å². The molecule has 0 saturated carbocycles. The third-order valence-corrected chi connectivity index (χ3v) is 8.17. The lowest BCUT2D eigenvalue weighted by Crippen LogP contribution is -2.40. The lowest BCUT2D eigenvalue weighted by atomic mass is 9.95. The van der Waals surface area contributed by atoms with E-state index in [1.54, 1.807) is 45.2 Å². The minimum atomic E-state index is -0.824. The zero-order valence-corrected chi connectivity index (χ0v) is 26.4. The molecule has 1 aliphatic rings. The second kappa shape index (κ2) is 13.0. The first-order valence-electron chi connectivity index (χ1n) is 12.5. The molecule has 0 spiro atoms. The van der Waals surface area contributed by atoms with E-state index in [2.05, 4.69) is 43.4 Å². The number of esters is 1. The number of hydrogen-bond acceptors (Lipinski definition) is 8. The van der Waals surface area contributed by atoms with Crippen LogP contribution in [0.4, 0.5) is 0 Å². The van der Waals surface area contributed by atoms with Crippen molar-refractivity contribution >= 4 is 55.2 Å². The van der Waals surface area contributed by atoms with Gasteiger partial charge in [-0.25, -0.2) is 9.79 Å². The second-order valence-corrected chi connectivity index (χ2v) is 11.3. The van der Waals surface area contributed by atoms with Crippen molar-refractivity contribution in [1.82, 2.24) is 4.57 Å². The number of carbonyl (C=O) groups excluding carboxylic acids is 1. The summed E-state index contributed by atoms with van der Waals surface area (Å²) in [6.07, 6.45) is 3.42. The topological polar surface area (TPSA) is 88.3 Å². The van der Waals surface area contributed by atoms with Gasteiger partial charge in [-0.2, -0.15) is 0 Å². The quantitative estimate of drug-likeness (QED) is 0.212. The van der Waals surface area contributed by atoms with Crippen molar-refractivity contribution in [2.24, 2.45) is 4.99 Å². The Bertz CT molecular complexity index is 1670. The maximum absolute atomic E-state index is 14.0. The lowest BCUT2D eigenvalue weighted by molar-refractivity contribution is -0.139. The standard InChI is InChI=1S/C29H28Br2N2O6S/c1-6-11-39-21-10-9-18(30)12-17(21)13-24-27(34)33-26(19-14-22(36-5)23(37-7-2)15-20(19)31)25(28(35)38-8-3)16(4)32-29(33)40-24/h6,9-10,12-15,26H,1,7-8,11H2,2-5H3/b24-13+/t26-/m1/s1. The fourth-order valence-electron chi connectivity index (χ4n) is 4.33. The summed E-state index contributed by atoms with van der Waals surface area (Å²) in [4.78, 5) is 32.4. The molecule has 0 radical (unpaired) electrons. The molecule has 8 nitrogen and oxygen atoms in total. The van der Waals surface area contributed by atoms with Gasteiger partial charge in [-0.1, -0.05) is 55.9 Å². The molecule has 0 aliphatic carbocycles. The van der Waals surface area contributed by atoms with Crippen LogP contribution in [-0.2, 0) is 9.53 Å². The molecule has 2 heterocycles. The minimum Gasteiger partial charge on any atom is -0.493 e. The number of methoxy groups -OCH3 is 1. The van der Waals surface area contributed by atoms with Gasteiger partial charge in [0.05, 0.1) is 42.2 Å². The maximum Gasteiger partial charge on any atom is 0.338 e. The third-order valence-electron chi connectivity index (χ3n) is 6.01. The Kier molecular flexibility index (Phi) is 9.70. The van der Waals surface area contributed by atoms with Gasteiger partial charge in [0.15, 0.2) is 16.3 Å². The molecule has 0 saturated heterocycles. The predicted octanol–water partition coefficient (Wildman–Crippen LogP) is 5.30. The number of ether oxygens (including phenoxy) is 4. The van der Waals surface area contributed by atoms with Gasteiger partial charge in [0.1, 0.15) is 12.4 Å². The Morgan fingerprint density at radius 1 is 1.12 bits per heavy atom. The molecule has 0 unspecified atom stereocenters. The van der Waals surface area contributed by atoms with E-state index in [9.17, 15) is 9.59 Å². The normalized spacial score (nSPS) is 14.8. The predicted molar refractivity (Wildman–Crippen MR) is 162 cm³/mol. The largest absolute Gasteiger partial charge is 0.493 e. The van der Waals surface area contributed by atoms with Crippen LogP contribution >= 0.6 is 43.2 Å². The van der Waals surface area contributed by atoms with Crippen LogP contribution in [0.5, 0.6) is 17.2 Å². The molecule has 40 heavy (non-hydrogen) atoms. The molecule has 0 fully saturated rings. The summed E-state index contributed by atoms with van der Waals surface area (Å²) in [6, 6.07) is 8.28. The molecule has 210 valence electrons. The van der Waals surface area contributed by atoms with Crippen LogP contribution in [0.15, 0.2) is 73.0 Å². The van der Waals surface area contributed by atoms with Gasteiger partial charge in [-0.3, -0.25) is 9.36 Å². The van der Waals surface area contributed by atoms with E-state index in [1.165, 1.54) is 15.9 Å². The molecule has 3 aromatic rings. The number of hydrogen-bond donors (Lipinski definition) is 0. The Balaban J connectivity index is 1.99. The van der Waals surface area contributed by atoms with Crippen molar-refractivity contribution in [2.45, 2.75) is 26.8 Å². The average Bonchev–Trinajstić information content (AvgIpc) is 3.22. The number of fused-ring (bicyclic) bond motifs is 1. The van der Waals surface area contributed by atoms with Crippen molar-refractivity contribution in [1.29, 1.82) is 0 Å². The number of carbonyl (C=O) groups is 1. The number of aromatic nitrogens is 1. The van der Waals surface area contributed by atoms with E-state index in [0.717, 1.165) is 4.47 Å². The van der Waals surface area contributed by atoms with E-state index >= 15 is 0 Å². The van der Waals surface area contributed by atoms with Gasteiger partial charge < -0.3 is 18.9 Å². The maximum atomic E-state index is 14.0. The summed E-state index contributed by atoms with van der Waals surface area (Å²) in [5.74, 6) is 1.06. The third kappa shape index (κ3) is 5.96. The molecule has 2 aromatic carbocycles. The average molecular weight is 692 g/mol. The number of halogens is 2. The number of rotatable bonds is 10. The molecule has 4 rings (SSSR count). The van der Waals surface area contributed by atoms with E-state index in [1.807, 2.05) is 25.1 Å². The summed E-state index contributed by atoms with van der Waals surface area (Å²) >= 11 is 8.37. The molecule has 1 atom stereocenters. The summed E-state index contributed by atoms with van der Waals surface area (Å²) in [5.41, 5.74) is 1.77. The first-order chi connectivity index (χ1) is 19.2. The lowest BCUT2D eigenvalue weighted by Gasteiger charge is -2.26. The van der Waals surface area contributed by atoms with E-state index in [4.69, 9.17) is 18.9 Å². The van der Waals surface area contributed by atoms with Crippen LogP contribution in [0.3, 0.4) is 0 Å². The van der Waals surface area contributed by atoms with E-state index in [0.29, 0.717) is 61.1 Å². The highest BCUT2D eigenvalue weighted by Gasteiger charge is 2.35. The summed E-state index contributed by atoms with van der Waals surface area (Å²) in [6.45, 7) is 10.0. The Hall–Kier alpha value is -3.15. The number of thiazole rings is 1. The summed E-state index contributed by atoms with van der Waals surface area (Å²) < 4.78 is 26.0. The van der Waals surface area contributed by atoms with Crippen molar-refractivity contribution in [3.8, 4) is 17.2 Å². The van der Waals surface area contributed by atoms with Gasteiger partial charge in [-0.15, -0.1) is 0 Å². The van der Waals surface area contributed by atoms with Gasteiger partial charge in [-0.05, 0) is 62.7 Å². The molecule has 0 amide bonds. The monoisotopic (exact) mass is 690 g/mol. The first kappa shape index (κ1) is 29.8. The zero-order valence-electron chi connectivity index (χ0n) is 22.5. The van der Waals surface area contributed by atoms with Crippen LogP contribution < -0.4 is 29.1 Å². The van der Waals surface area contributed by atoms with Crippen LogP contribution in [0, 0.1) is 0 Å². The zero-order chi connectivity index (χ0) is 29.0. The molecular formula is C29H28Br2N2O6S. The number of nitrogens with zero attached hydrogens (tertiary/aromatic N) is 2. The molecule has 0 bridgehead atoms. The number of allylic oxidation sites excluding steroid dienone is 1. The van der Waals surface area contributed by atoms with Crippen molar-refractivity contribution < 1.29 is 23.7 Å². The van der Waals surface area contributed by atoms with Gasteiger partial charge >= 0.3 is 5.97 Å². The molecule has 0 N–H and O–H groups in total. The molecule has 1 aromatic heterocycles. The summed E-state index contributed by atoms with van der Waals surface area (Å²) in [5, 5.41) is 0. The van der Waals surface area contributed by atoms with Crippen LogP contribution in [0.25, 0.3) is 6.08 Å². The Morgan fingerprint density at radius 3 is 2.58 bits per heavy atom. The fraction of sp³-hybridized carbons (Fsp3) is 0.276. The molecule has 11 heteroatoms. The highest BCUT2D eigenvalue weighted by molar-refractivity contribution is 9.10. The van der Waals surface area contributed by atoms with E-state index < -0.39 is 12.0 Å². The van der Waals surface area contributed by atoms with Gasteiger partial charge in [0.25, 0.3) is 5.56 Å². The first-order valence-corrected chi connectivity index (χ1v) is 14.9. The highest BCUT2D eigenvalue weighted by atomic mass is 79.9. The van der Waals surface area contributed by atoms with Crippen molar-refractivity contribution in [2.75, 3.05) is 26.9 Å². The number of benzene rings is 2.